The summed E-state index contributed by atoms with van der Waals surface area (Å²) in [5, 5.41) is 3.21. The second kappa shape index (κ2) is 10.1. The van der Waals surface area contributed by atoms with Crippen molar-refractivity contribution < 1.29 is 23.0 Å². The van der Waals surface area contributed by atoms with E-state index in [1.165, 1.54) is 42.6 Å². The number of H-pyrrole nitrogens is 1. The monoisotopic (exact) mass is 513 g/mol. The van der Waals surface area contributed by atoms with Crippen molar-refractivity contribution in [3.8, 4) is 28.4 Å². The number of rotatable bonds is 6. The highest BCUT2D eigenvalue weighted by Crippen LogP contribution is 2.33. The molecule has 5 rings (SSSR count). The molecule has 2 aromatic heterocycles. The van der Waals surface area contributed by atoms with Gasteiger partial charge >= 0.3 is 0 Å². The topological polar surface area (TPSA) is 93.3 Å². The number of aromatic nitrogens is 2. The Kier molecular flexibility index (Phi) is 6.57. The lowest BCUT2D eigenvalue weighted by Gasteiger charge is -2.12. The van der Waals surface area contributed by atoms with E-state index in [-0.39, 0.29) is 22.6 Å². The number of hydrogen-bond donors (Lipinski definition) is 2. The third-order valence-electron chi connectivity index (χ3n) is 5.98. The summed E-state index contributed by atoms with van der Waals surface area (Å²) in [5.41, 5.74) is 1.28. The number of ether oxygens (including phenoxy) is 2. The van der Waals surface area contributed by atoms with Crippen molar-refractivity contribution >= 4 is 22.5 Å². The van der Waals surface area contributed by atoms with Crippen LogP contribution >= 0.6 is 0 Å². The number of pyridine rings is 2. The van der Waals surface area contributed by atoms with Gasteiger partial charge in [-0.3, -0.25) is 14.6 Å². The van der Waals surface area contributed by atoms with Crippen molar-refractivity contribution in [3.05, 3.63) is 112 Å². The molecule has 0 aliphatic heterocycles. The molecule has 0 atom stereocenters. The molecule has 0 radical (unpaired) electrons. The summed E-state index contributed by atoms with van der Waals surface area (Å²) in [5.74, 6) is -0.914. The maximum absolute atomic E-state index is 14.9. The summed E-state index contributed by atoms with van der Waals surface area (Å²) in [6.45, 7) is 1.68. The first kappa shape index (κ1) is 24.6. The summed E-state index contributed by atoms with van der Waals surface area (Å²) < 4.78 is 39.3. The number of nitrogens with one attached hydrogen (secondary N) is 2. The molecular formula is C29H21F2N3O4. The molecule has 2 N–H and O–H groups in total. The number of aromatic amines is 1. The number of carbonyl (C=O) groups excluding carboxylic acids is 1. The van der Waals surface area contributed by atoms with Crippen LogP contribution in [0.25, 0.3) is 22.0 Å². The predicted molar refractivity (Wildman–Crippen MR) is 140 cm³/mol. The van der Waals surface area contributed by atoms with Gasteiger partial charge in [0.05, 0.1) is 12.6 Å². The van der Waals surface area contributed by atoms with Crippen molar-refractivity contribution in [1.29, 1.82) is 0 Å². The summed E-state index contributed by atoms with van der Waals surface area (Å²) in [4.78, 5) is 33.2. The molecule has 0 aliphatic rings. The van der Waals surface area contributed by atoms with Crippen LogP contribution in [0.3, 0.4) is 0 Å². The first-order chi connectivity index (χ1) is 18.3. The highest BCUT2D eigenvalue weighted by atomic mass is 19.1. The third-order valence-corrected chi connectivity index (χ3v) is 5.98. The molecule has 7 nitrogen and oxygen atoms in total. The second-order valence-electron chi connectivity index (χ2n) is 8.43. The van der Waals surface area contributed by atoms with Crippen molar-refractivity contribution in [1.82, 2.24) is 9.97 Å². The van der Waals surface area contributed by atoms with E-state index in [4.69, 9.17) is 9.47 Å². The van der Waals surface area contributed by atoms with Crippen LogP contribution in [0.2, 0.25) is 0 Å². The minimum Gasteiger partial charge on any atom is -0.497 e. The van der Waals surface area contributed by atoms with Crippen LogP contribution in [-0.4, -0.2) is 23.0 Å². The van der Waals surface area contributed by atoms with Gasteiger partial charge in [-0.25, -0.2) is 8.78 Å². The molecule has 0 fully saturated rings. The van der Waals surface area contributed by atoms with Gasteiger partial charge in [0.25, 0.3) is 5.91 Å². The fourth-order valence-electron chi connectivity index (χ4n) is 4.05. The summed E-state index contributed by atoms with van der Waals surface area (Å²) in [6, 6.07) is 16.2. The van der Waals surface area contributed by atoms with E-state index in [0.29, 0.717) is 33.7 Å². The van der Waals surface area contributed by atoms with Crippen LogP contribution in [0.1, 0.15) is 16.1 Å². The van der Waals surface area contributed by atoms with Crippen molar-refractivity contribution in [3.63, 3.8) is 0 Å². The minimum absolute atomic E-state index is 0.0573. The number of halogens is 2. The largest absolute Gasteiger partial charge is 0.497 e. The van der Waals surface area contributed by atoms with Crippen LogP contribution < -0.4 is 20.2 Å². The number of amides is 1. The summed E-state index contributed by atoms with van der Waals surface area (Å²) >= 11 is 0. The number of anilines is 1. The van der Waals surface area contributed by atoms with Gasteiger partial charge < -0.3 is 19.8 Å². The number of fused-ring (bicyclic) bond motifs is 1. The molecule has 0 unspecified atom stereocenters. The molecule has 3 aromatic carbocycles. The maximum atomic E-state index is 14.9. The summed E-state index contributed by atoms with van der Waals surface area (Å²) in [7, 11) is 1.55. The molecule has 0 aliphatic carbocycles. The van der Waals surface area contributed by atoms with Gasteiger partial charge in [-0.1, -0.05) is 12.1 Å². The highest BCUT2D eigenvalue weighted by molar-refractivity contribution is 6.04. The standard InChI is InChI=1S/C29H21F2N3O4/c1-16-27(17-3-5-18(30)6-4-17)28(35)22(15-33-16)29(36)34-19-7-10-26(23(31)13-19)38-25-11-12-32-24-14-20(37-2)8-9-21(24)25/h3-15H,1-2H3,(H,33,35)(H,34,36). The van der Waals surface area contributed by atoms with E-state index < -0.39 is 23.0 Å². The number of hydrogen-bond acceptors (Lipinski definition) is 5. The number of carbonyl (C=O) groups is 1. The first-order valence-corrected chi connectivity index (χ1v) is 11.5. The number of methoxy groups -OCH3 is 1. The molecule has 0 bridgehead atoms. The van der Waals surface area contributed by atoms with Gasteiger partial charge in [0.2, 0.25) is 5.43 Å². The highest BCUT2D eigenvalue weighted by Gasteiger charge is 2.18. The smallest absolute Gasteiger partial charge is 0.261 e. The zero-order valence-corrected chi connectivity index (χ0v) is 20.3. The van der Waals surface area contributed by atoms with Crippen LogP contribution in [0.15, 0.2) is 83.9 Å². The van der Waals surface area contributed by atoms with Crippen LogP contribution in [0.4, 0.5) is 14.5 Å². The van der Waals surface area contributed by atoms with Gasteiger partial charge in [-0.15, -0.1) is 0 Å². The Labute approximate surface area is 215 Å². The van der Waals surface area contributed by atoms with Crippen molar-refractivity contribution in [2.75, 3.05) is 12.4 Å². The van der Waals surface area contributed by atoms with Gasteiger partial charge in [-0.05, 0) is 55.0 Å². The SMILES string of the molecule is COc1ccc2c(Oc3ccc(NC(=O)c4c[nH]c(C)c(-c5ccc(F)cc5)c4=O)cc3F)ccnc2c1. The average molecular weight is 514 g/mol. The van der Waals surface area contributed by atoms with Gasteiger partial charge in [-0.2, -0.15) is 0 Å². The van der Waals surface area contributed by atoms with E-state index in [1.54, 1.807) is 44.5 Å². The van der Waals surface area contributed by atoms with Crippen LogP contribution in [0, 0.1) is 18.6 Å². The number of nitrogens with zero attached hydrogens (tertiary/aromatic N) is 1. The zero-order chi connectivity index (χ0) is 26.8. The van der Waals surface area contributed by atoms with Crippen molar-refractivity contribution in [2.24, 2.45) is 0 Å². The van der Waals surface area contributed by atoms with E-state index in [9.17, 15) is 18.4 Å². The van der Waals surface area contributed by atoms with Gasteiger partial charge in [0, 0.05) is 46.9 Å². The van der Waals surface area contributed by atoms with E-state index in [0.717, 1.165) is 6.07 Å². The molecule has 0 saturated heterocycles. The normalized spacial score (nSPS) is 10.8. The van der Waals surface area contributed by atoms with Crippen molar-refractivity contribution in [2.45, 2.75) is 6.92 Å². The minimum atomic E-state index is -0.725. The molecule has 0 spiro atoms. The van der Waals surface area contributed by atoms with E-state index >= 15 is 0 Å². The zero-order valence-electron chi connectivity index (χ0n) is 20.3. The Morgan fingerprint density at radius 1 is 0.974 bits per heavy atom. The lowest BCUT2D eigenvalue weighted by Crippen LogP contribution is -2.23. The first-order valence-electron chi connectivity index (χ1n) is 11.5. The lowest BCUT2D eigenvalue weighted by molar-refractivity contribution is 0.102. The second-order valence-corrected chi connectivity index (χ2v) is 8.43. The lowest BCUT2D eigenvalue weighted by atomic mass is 10.0. The Bertz CT molecular complexity index is 1730. The molecule has 2 heterocycles. The fourth-order valence-corrected chi connectivity index (χ4v) is 4.05. The van der Waals surface area contributed by atoms with Crippen LogP contribution in [-0.2, 0) is 0 Å². The number of benzene rings is 3. The molecule has 38 heavy (non-hydrogen) atoms. The fraction of sp³-hybridized carbons (Fsp3) is 0.0690. The predicted octanol–water partition coefficient (Wildman–Crippen LogP) is 6.23. The third kappa shape index (κ3) is 4.81. The Hall–Kier alpha value is -5.05. The Morgan fingerprint density at radius 2 is 1.76 bits per heavy atom. The Balaban J connectivity index is 1.38. The maximum Gasteiger partial charge on any atom is 0.261 e. The molecule has 190 valence electrons. The average Bonchev–Trinajstić information content (AvgIpc) is 2.91. The molecule has 1 amide bonds. The molecule has 5 aromatic rings. The molecule has 0 saturated carbocycles. The summed E-state index contributed by atoms with van der Waals surface area (Å²) in [6.07, 6.45) is 2.83. The van der Waals surface area contributed by atoms with E-state index in [2.05, 4.69) is 15.3 Å². The molecular weight excluding hydrogens is 492 g/mol. The van der Waals surface area contributed by atoms with Gasteiger partial charge in [0.15, 0.2) is 11.6 Å². The quantitative estimate of drug-likeness (QED) is 0.281. The molecule has 9 heteroatoms. The number of aryl methyl sites for hydroxylation is 1. The van der Waals surface area contributed by atoms with Crippen LogP contribution in [0.5, 0.6) is 17.2 Å². The Morgan fingerprint density at radius 3 is 2.50 bits per heavy atom. The van der Waals surface area contributed by atoms with Gasteiger partial charge in [0.1, 0.15) is 22.9 Å². The van der Waals surface area contributed by atoms with E-state index in [1.807, 2.05) is 0 Å².